The van der Waals surface area contributed by atoms with Crippen LogP contribution in [-0.4, -0.2) is 10.5 Å². The number of thiazole rings is 1. The molecular weight excluding hydrogens is 339 g/mol. The average Bonchev–Trinajstić information content (AvgIpc) is 2.76. The second-order valence-electron chi connectivity index (χ2n) is 4.91. The monoisotopic (exact) mass is 350 g/mol. The molecule has 0 N–H and O–H groups in total. The van der Waals surface area contributed by atoms with Crippen molar-refractivity contribution in [1.82, 2.24) is 4.57 Å². The molecular formula is C16H12Cl2N2OS. The van der Waals surface area contributed by atoms with Crippen molar-refractivity contribution in [1.29, 1.82) is 0 Å². The van der Waals surface area contributed by atoms with Crippen molar-refractivity contribution in [2.75, 3.05) is 0 Å². The lowest BCUT2D eigenvalue weighted by molar-refractivity contribution is 0.0998. The lowest BCUT2D eigenvalue weighted by atomic mass is 10.2. The fourth-order valence-electron chi connectivity index (χ4n) is 2.31. The van der Waals surface area contributed by atoms with Crippen LogP contribution in [0.4, 0.5) is 0 Å². The molecule has 3 rings (SSSR count). The van der Waals surface area contributed by atoms with E-state index in [4.69, 9.17) is 23.2 Å². The summed E-state index contributed by atoms with van der Waals surface area (Å²) >= 11 is 13.4. The molecule has 6 heteroatoms. The Balaban J connectivity index is 2.14. The normalized spacial score (nSPS) is 12.1. The summed E-state index contributed by atoms with van der Waals surface area (Å²) in [5.41, 5.74) is 2.58. The summed E-state index contributed by atoms with van der Waals surface area (Å²) in [7, 11) is 1.90. The zero-order valence-electron chi connectivity index (χ0n) is 11.9. The standard InChI is InChI=1S/C16H12Cl2N2OS/c1-9-4-3-5-13-14(9)20(2)16(22-13)19-15(21)11-7-6-10(17)8-12(11)18/h3-8H,1-2H3. The number of nitrogens with zero attached hydrogens (tertiary/aromatic N) is 2. The molecule has 2 aromatic carbocycles. The van der Waals surface area contributed by atoms with E-state index in [1.54, 1.807) is 18.2 Å². The Hall–Kier alpha value is -1.62. The minimum Gasteiger partial charge on any atom is -0.319 e. The van der Waals surface area contributed by atoms with Gasteiger partial charge in [0.1, 0.15) is 0 Å². The number of aryl methyl sites for hydroxylation is 2. The van der Waals surface area contributed by atoms with Crippen molar-refractivity contribution in [2.45, 2.75) is 6.92 Å². The maximum atomic E-state index is 12.4. The molecule has 0 saturated heterocycles. The predicted molar refractivity (Wildman–Crippen MR) is 91.9 cm³/mol. The first kappa shape index (κ1) is 15.3. The Labute approximate surface area is 141 Å². The summed E-state index contributed by atoms with van der Waals surface area (Å²) in [6.07, 6.45) is 0. The summed E-state index contributed by atoms with van der Waals surface area (Å²) in [4.78, 5) is 17.2. The van der Waals surface area contributed by atoms with Gasteiger partial charge < -0.3 is 4.57 Å². The van der Waals surface area contributed by atoms with Gasteiger partial charge in [-0.2, -0.15) is 4.99 Å². The first-order chi connectivity index (χ1) is 10.5. The minimum atomic E-state index is -0.374. The highest BCUT2D eigenvalue weighted by Crippen LogP contribution is 2.22. The Morgan fingerprint density at radius 2 is 2.00 bits per heavy atom. The molecule has 0 spiro atoms. The molecule has 112 valence electrons. The summed E-state index contributed by atoms with van der Waals surface area (Å²) in [5, 5.41) is 0.797. The van der Waals surface area contributed by atoms with Gasteiger partial charge in [-0.05, 0) is 36.8 Å². The number of hydrogen-bond acceptors (Lipinski definition) is 2. The van der Waals surface area contributed by atoms with E-state index in [1.165, 1.54) is 11.3 Å². The van der Waals surface area contributed by atoms with E-state index in [2.05, 4.69) is 4.99 Å². The van der Waals surface area contributed by atoms with Crippen molar-refractivity contribution in [3.63, 3.8) is 0 Å². The van der Waals surface area contributed by atoms with E-state index < -0.39 is 0 Å². The van der Waals surface area contributed by atoms with Crippen molar-refractivity contribution in [2.24, 2.45) is 12.0 Å². The third-order valence-electron chi connectivity index (χ3n) is 3.38. The third kappa shape index (κ3) is 2.70. The Kier molecular flexibility index (Phi) is 4.08. The number of carbonyl (C=O) groups excluding carboxylic acids is 1. The van der Waals surface area contributed by atoms with Gasteiger partial charge in [-0.3, -0.25) is 4.79 Å². The molecule has 3 nitrogen and oxygen atoms in total. The van der Waals surface area contributed by atoms with E-state index in [0.29, 0.717) is 20.4 Å². The molecule has 1 aromatic heterocycles. The Morgan fingerprint density at radius 1 is 1.23 bits per heavy atom. The minimum absolute atomic E-state index is 0.307. The molecule has 0 atom stereocenters. The van der Waals surface area contributed by atoms with Gasteiger partial charge in [0.15, 0.2) is 4.80 Å². The number of benzene rings is 2. The molecule has 0 aliphatic rings. The van der Waals surface area contributed by atoms with Gasteiger partial charge >= 0.3 is 0 Å². The van der Waals surface area contributed by atoms with E-state index in [-0.39, 0.29) is 5.91 Å². The van der Waals surface area contributed by atoms with Crippen LogP contribution in [0.5, 0.6) is 0 Å². The number of carbonyl (C=O) groups is 1. The van der Waals surface area contributed by atoms with Crippen molar-refractivity contribution < 1.29 is 4.79 Å². The van der Waals surface area contributed by atoms with Crippen molar-refractivity contribution >= 4 is 50.7 Å². The van der Waals surface area contributed by atoms with Crippen molar-refractivity contribution in [3.05, 3.63) is 62.4 Å². The van der Waals surface area contributed by atoms with Gasteiger partial charge in [-0.15, -0.1) is 0 Å². The van der Waals surface area contributed by atoms with Gasteiger partial charge in [0.25, 0.3) is 5.91 Å². The maximum Gasteiger partial charge on any atom is 0.281 e. The highest BCUT2D eigenvalue weighted by Gasteiger charge is 2.11. The second kappa shape index (κ2) is 5.88. The average molecular weight is 351 g/mol. The van der Waals surface area contributed by atoms with Gasteiger partial charge in [-0.25, -0.2) is 0 Å². The van der Waals surface area contributed by atoms with Crippen LogP contribution < -0.4 is 4.80 Å². The number of fused-ring (bicyclic) bond motifs is 1. The Bertz CT molecular complexity index is 956. The molecule has 0 unspecified atom stereocenters. The summed E-state index contributed by atoms with van der Waals surface area (Å²) < 4.78 is 3.02. The number of amides is 1. The molecule has 0 aliphatic carbocycles. The molecule has 0 aliphatic heterocycles. The highest BCUT2D eigenvalue weighted by molar-refractivity contribution is 7.16. The van der Waals surface area contributed by atoms with Crippen molar-refractivity contribution in [3.8, 4) is 0 Å². The van der Waals surface area contributed by atoms with E-state index >= 15 is 0 Å². The number of aromatic nitrogens is 1. The van der Waals surface area contributed by atoms with Crippen LogP contribution in [0.25, 0.3) is 10.2 Å². The molecule has 0 saturated carbocycles. The summed E-state index contributed by atoms with van der Waals surface area (Å²) in [5.74, 6) is -0.374. The van der Waals surface area contributed by atoms with E-state index in [9.17, 15) is 4.79 Å². The molecule has 0 radical (unpaired) electrons. The number of halogens is 2. The van der Waals surface area contributed by atoms with Crippen LogP contribution >= 0.6 is 34.5 Å². The first-order valence-corrected chi connectivity index (χ1v) is 8.14. The number of para-hydroxylation sites is 1. The molecule has 0 fully saturated rings. The highest BCUT2D eigenvalue weighted by atomic mass is 35.5. The number of rotatable bonds is 1. The smallest absolute Gasteiger partial charge is 0.281 e. The van der Waals surface area contributed by atoms with Gasteiger partial charge in [0, 0.05) is 12.1 Å². The molecule has 3 aromatic rings. The molecule has 1 amide bonds. The van der Waals surface area contributed by atoms with Crippen LogP contribution in [0.15, 0.2) is 41.4 Å². The number of hydrogen-bond donors (Lipinski definition) is 0. The lowest BCUT2D eigenvalue weighted by Crippen LogP contribution is -2.13. The Morgan fingerprint density at radius 3 is 2.68 bits per heavy atom. The van der Waals surface area contributed by atoms with Gasteiger partial charge in [-0.1, -0.05) is 46.7 Å². The fourth-order valence-corrected chi connectivity index (χ4v) is 3.90. The second-order valence-corrected chi connectivity index (χ2v) is 6.76. The van der Waals surface area contributed by atoms with Crippen LogP contribution in [0, 0.1) is 6.92 Å². The lowest BCUT2D eigenvalue weighted by Gasteiger charge is -2.00. The molecule has 22 heavy (non-hydrogen) atoms. The van der Waals surface area contributed by atoms with E-state index in [0.717, 1.165) is 15.8 Å². The zero-order chi connectivity index (χ0) is 15.9. The molecule has 0 bridgehead atoms. The van der Waals surface area contributed by atoms with Crippen LogP contribution in [-0.2, 0) is 7.05 Å². The van der Waals surface area contributed by atoms with E-state index in [1.807, 2.05) is 36.7 Å². The zero-order valence-corrected chi connectivity index (χ0v) is 14.3. The summed E-state index contributed by atoms with van der Waals surface area (Å²) in [6, 6.07) is 10.8. The largest absolute Gasteiger partial charge is 0.319 e. The SMILES string of the molecule is Cc1cccc2sc(=NC(=O)c3ccc(Cl)cc3Cl)n(C)c12. The van der Waals surface area contributed by atoms with Crippen LogP contribution in [0.2, 0.25) is 10.0 Å². The molecule has 1 heterocycles. The first-order valence-electron chi connectivity index (χ1n) is 6.56. The quantitative estimate of drug-likeness (QED) is 0.631. The summed E-state index contributed by atoms with van der Waals surface area (Å²) in [6.45, 7) is 2.04. The topological polar surface area (TPSA) is 34.4 Å². The predicted octanol–water partition coefficient (Wildman–Crippen LogP) is 4.60. The maximum absolute atomic E-state index is 12.4. The van der Waals surface area contributed by atoms with Gasteiger partial charge in [0.2, 0.25) is 0 Å². The fraction of sp³-hybridized carbons (Fsp3) is 0.125. The third-order valence-corrected chi connectivity index (χ3v) is 5.03. The van der Waals surface area contributed by atoms with Gasteiger partial charge in [0.05, 0.1) is 20.8 Å². The van der Waals surface area contributed by atoms with Crippen LogP contribution in [0.3, 0.4) is 0 Å². The van der Waals surface area contributed by atoms with Crippen LogP contribution in [0.1, 0.15) is 15.9 Å².